The van der Waals surface area contributed by atoms with Crippen molar-refractivity contribution in [2.45, 2.75) is 13.3 Å². The maximum atomic E-state index is 10.9. The largest absolute Gasteiger partial charge is 0.542 e. The molecule has 0 aliphatic rings. The lowest BCUT2D eigenvalue weighted by Crippen LogP contribution is -2.21. The van der Waals surface area contributed by atoms with Gasteiger partial charge in [-0.1, -0.05) is 13.0 Å². The van der Waals surface area contributed by atoms with Crippen molar-refractivity contribution >= 4 is 27.5 Å². The van der Waals surface area contributed by atoms with Crippen LogP contribution in [-0.2, 0) is 6.42 Å². The summed E-state index contributed by atoms with van der Waals surface area (Å²) in [6.07, 6.45) is 4.37. The van der Waals surface area contributed by atoms with E-state index in [1.165, 1.54) is 0 Å². The number of thiazole rings is 1. The lowest BCUT2D eigenvalue weighted by Gasteiger charge is -2.06. The van der Waals surface area contributed by atoms with Gasteiger partial charge >= 0.3 is 0 Å². The molecule has 0 radical (unpaired) electrons. The molecular weight excluding hydrogens is 262 g/mol. The van der Waals surface area contributed by atoms with Crippen LogP contribution in [0.5, 0.6) is 0 Å². The molecule has 0 saturated carbocycles. The molecule has 0 amide bonds. The van der Waals surface area contributed by atoms with Crippen LogP contribution < -0.4 is 5.11 Å². The van der Waals surface area contributed by atoms with Gasteiger partial charge in [-0.05, 0) is 12.1 Å². The molecule has 0 fully saturated rings. The van der Waals surface area contributed by atoms with Gasteiger partial charge in [0.2, 0.25) is 0 Å². The quantitative estimate of drug-likeness (QED) is 0.722. The Balaban J connectivity index is 2.26. The number of aryl methyl sites for hydroxylation is 1. The average Bonchev–Trinajstić information content (AvgIpc) is 3.04. The Morgan fingerprint density at radius 3 is 3.05 bits per heavy atom. The number of imidazole rings is 1. The second kappa shape index (κ2) is 4.47. The first-order chi connectivity index (χ1) is 9.20. The molecule has 1 aromatic carbocycles. The number of rotatable bonds is 3. The van der Waals surface area contributed by atoms with Crippen molar-refractivity contribution in [2.24, 2.45) is 0 Å². The predicted molar refractivity (Wildman–Crippen MR) is 70.5 cm³/mol. The van der Waals surface area contributed by atoms with E-state index in [1.807, 2.05) is 35.9 Å². The SMILES string of the molecule is CCc1nccn1-c1cccc2sc(C(=O)[O-])nc12. The van der Waals surface area contributed by atoms with Crippen molar-refractivity contribution in [3.8, 4) is 5.69 Å². The molecule has 0 atom stereocenters. The minimum atomic E-state index is -1.24. The summed E-state index contributed by atoms with van der Waals surface area (Å²) >= 11 is 1.12. The number of carboxylic acids is 1. The highest BCUT2D eigenvalue weighted by atomic mass is 32.1. The van der Waals surface area contributed by atoms with Crippen molar-refractivity contribution in [1.82, 2.24) is 14.5 Å². The molecule has 6 heteroatoms. The molecule has 0 aliphatic heterocycles. The fourth-order valence-corrected chi connectivity index (χ4v) is 2.85. The smallest absolute Gasteiger partial charge is 0.140 e. The van der Waals surface area contributed by atoms with Gasteiger partial charge in [0.05, 0.1) is 10.4 Å². The second-order valence-electron chi connectivity index (χ2n) is 4.00. The highest BCUT2D eigenvalue weighted by Crippen LogP contribution is 2.27. The van der Waals surface area contributed by atoms with Crippen LogP contribution in [0.15, 0.2) is 30.6 Å². The standard InChI is InChI=1S/C13H11N3O2S/c1-2-10-14-6-7-16(10)8-4-3-5-9-11(8)15-12(19-9)13(17)18/h3-7H,2H2,1H3,(H,17,18)/p-1. The van der Waals surface area contributed by atoms with E-state index >= 15 is 0 Å². The van der Waals surface area contributed by atoms with Crippen LogP contribution in [0.1, 0.15) is 22.6 Å². The van der Waals surface area contributed by atoms with Crippen LogP contribution >= 0.6 is 11.3 Å². The Kier molecular flexibility index (Phi) is 2.79. The molecule has 96 valence electrons. The van der Waals surface area contributed by atoms with Crippen molar-refractivity contribution < 1.29 is 9.90 Å². The number of carbonyl (C=O) groups excluding carboxylic acids is 1. The zero-order valence-electron chi connectivity index (χ0n) is 10.2. The third kappa shape index (κ3) is 1.90. The van der Waals surface area contributed by atoms with E-state index in [4.69, 9.17) is 0 Å². The molecule has 0 N–H and O–H groups in total. The monoisotopic (exact) mass is 272 g/mol. The minimum absolute atomic E-state index is 0.000568. The Hall–Kier alpha value is -2.21. The van der Waals surface area contributed by atoms with Crippen molar-refractivity contribution in [3.05, 3.63) is 41.4 Å². The van der Waals surface area contributed by atoms with Gasteiger partial charge < -0.3 is 14.5 Å². The molecular formula is C13H10N3O2S-. The lowest BCUT2D eigenvalue weighted by atomic mass is 10.2. The van der Waals surface area contributed by atoms with Gasteiger partial charge in [0.25, 0.3) is 0 Å². The van der Waals surface area contributed by atoms with Crippen LogP contribution in [0.3, 0.4) is 0 Å². The third-order valence-electron chi connectivity index (χ3n) is 2.87. The van der Waals surface area contributed by atoms with Gasteiger partial charge in [-0.15, -0.1) is 11.3 Å². The van der Waals surface area contributed by atoms with Crippen LogP contribution in [0.25, 0.3) is 15.9 Å². The Labute approximate surface area is 113 Å². The topological polar surface area (TPSA) is 70.8 Å². The number of nitrogens with zero attached hydrogens (tertiary/aromatic N) is 3. The molecule has 19 heavy (non-hydrogen) atoms. The Morgan fingerprint density at radius 2 is 2.32 bits per heavy atom. The molecule has 0 unspecified atom stereocenters. The van der Waals surface area contributed by atoms with Crippen molar-refractivity contribution in [1.29, 1.82) is 0 Å². The van der Waals surface area contributed by atoms with Crippen molar-refractivity contribution in [2.75, 3.05) is 0 Å². The van der Waals surface area contributed by atoms with E-state index in [0.717, 1.165) is 34.0 Å². The Bertz CT molecular complexity index is 760. The van der Waals surface area contributed by atoms with Crippen molar-refractivity contribution in [3.63, 3.8) is 0 Å². The highest BCUT2D eigenvalue weighted by molar-refractivity contribution is 7.20. The number of para-hydroxylation sites is 1. The van der Waals surface area contributed by atoms with E-state index in [1.54, 1.807) is 6.20 Å². The number of hydrogen-bond acceptors (Lipinski definition) is 5. The first-order valence-electron chi connectivity index (χ1n) is 5.84. The molecule has 0 aliphatic carbocycles. The first kappa shape index (κ1) is 11.9. The minimum Gasteiger partial charge on any atom is -0.542 e. The van der Waals surface area contributed by atoms with Crippen LogP contribution in [0.4, 0.5) is 0 Å². The number of carboxylic acid groups (broad SMARTS) is 1. The molecule has 5 nitrogen and oxygen atoms in total. The molecule has 3 rings (SSSR count). The van der Waals surface area contributed by atoms with E-state index < -0.39 is 5.97 Å². The van der Waals surface area contributed by atoms with E-state index in [-0.39, 0.29) is 5.01 Å². The number of aromatic nitrogens is 3. The van der Waals surface area contributed by atoms with Crippen LogP contribution in [0, 0.1) is 0 Å². The predicted octanol–water partition coefficient (Wildman–Crippen LogP) is 1.41. The van der Waals surface area contributed by atoms with Gasteiger partial charge in [0.15, 0.2) is 0 Å². The summed E-state index contributed by atoms with van der Waals surface area (Å²) in [5.74, 6) is -0.330. The molecule has 0 saturated heterocycles. The zero-order valence-corrected chi connectivity index (χ0v) is 11.0. The van der Waals surface area contributed by atoms with Gasteiger partial charge in [-0.2, -0.15) is 0 Å². The summed E-state index contributed by atoms with van der Waals surface area (Å²) in [6.45, 7) is 2.02. The maximum Gasteiger partial charge on any atom is 0.140 e. The summed E-state index contributed by atoms with van der Waals surface area (Å²) < 4.78 is 2.76. The Morgan fingerprint density at radius 1 is 1.47 bits per heavy atom. The van der Waals surface area contributed by atoms with E-state index in [2.05, 4.69) is 9.97 Å². The summed E-state index contributed by atoms with van der Waals surface area (Å²) in [7, 11) is 0. The van der Waals surface area contributed by atoms with E-state index in [9.17, 15) is 9.90 Å². The second-order valence-corrected chi connectivity index (χ2v) is 5.03. The number of fused-ring (bicyclic) bond motifs is 1. The molecule has 2 heterocycles. The molecule has 0 spiro atoms. The van der Waals surface area contributed by atoms with Gasteiger partial charge in [0.1, 0.15) is 22.3 Å². The normalized spacial score (nSPS) is 11.0. The highest BCUT2D eigenvalue weighted by Gasteiger charge is 2.11. The summed E-state index contributed by atoms with van der Waals surface area (Å²) in [5.41, 5.74) is 1.51. The fraction of sp³-hybridized carbons (Fsp3) is 0.154. The lowest BCUT2D eigenvalue weighted by molar-refractivity contribution is -0.255. The maximum absolute atomic E-state index is 10.9. The summed E-state index contributed by atoms with van der Waals surface area (Å²) in [4.78, 5) is 19.3. The average molecular weight is 272 g/mol. The third-order valence-corrected chi connectivity index (χ3v) is 3.87. The number of carbonyl (C=O) groups is 1. The van der Waals surface area contributed by atoms with Gasteiger partial charge in [-0.3, -0.25) is 0 Å². The first-order valence-corrected chi connectivity index (χ1v) is 6.66. The number of aromatic carboxylic acids is 1. The molecule has 2 aromatic heterocycles. The number of benzene rings is 1. The summed E-state index contributed by atoms with van der Waals surface area (Å²) in [6, 6.07) is 5.64. The molecule has 0 bridgehead atoms. The zero-order chi connectivity index (χ0) is 13.4. The van der Waals surface area contributed by atoms with Gasteiger partial charge in [0, 0.05) is 18.8 Å². The fourth-order valence-electron chi connectivity index (χ4n) is 2.03. The van der Waals surface area contributed by atoms with E-state index in [0.29, 0.717) is 5.52 Å². The van der Waals surface area contributed by atoms with Crippen LogP contribution in [0.2, 0.25) is 0 Å². The van der Waals surface area contributed by atoms with Crippen LogP contribution in [-0.4, -0.2) is 20.5 Å². The summed E-state index contributed by atoms with van der Waals surface area (Å²) in [5, 5.41) is 10.9. The van der Waals surface area contributed by atoms with Gasteiger partial charge in [-0.25, -0.2) is 9.97 Å². The number of hydrogen-bond donors (Lipinski definition) is 0. The molecule has 3 aromatic rings.